The second kappa shape index (κ2) is 4.28. The Labute approximate surface area is 61.8 Å². The van der Waals surface area contributed by atoms with E-state index in [1.54, 1.807) is 7.11 Å². The van der Waals surface area contributed by atoms with Crippen LogP contribution >= 0.6 is 0 Å². The van der Waals surface area contributed by atoms with Gasteiger partial charge >= 0.3 is 0 Å². The molecular weight excluding hydrogens is 130 g/mol. The molecule has 0 aliphatic heterocycles. The molecule has 0 saturated carbocycles. The Morgan fingerprint density at radius 2 is 2.00 bits per heavy atom. The number of carbonyl (C=O) groups excluding carboxylic acids is 1. The van der Waals surface area contributed by atoms with Crippen molar-refractivity contribution in [2.45, 2.75) is 27.0 Å². The third kappa shape index (κ3) is 3.45. The summed E-state index contributed by atoms with van der Waals surface area (Å²) in [6.45, 7) is 5.46. The first kappa shape index (κ1) is 9.43. The summed E-state index contributed by atoms with van der Waals surface area (Å²) in [5, 5.41) is 2.67. The zero-order valence-electron chi connectivity index (χ0n) is 6.97. The smallest absolute Gasteiger partial charge is 0.218 e. The first-order chi connectivity index (χ1) is 4.57. The van der Waals surface area contributed by atoms with Crippen LogP contribution < -0.4 is 5.32 Å². The fourth-order valence-corrected chi connectivity index (χ4v) is 0.698. The van der Waals surface area contributed by atoms with E-state index in [0.29, 0.717) is 5.92 Å². The average molecular weight is 145 g/mol. The Balaban J connectivity index is 3.71. The second-order valence-electron chi connectivity index (χ2n) is 2.60. The van der Waals surface area contributed by atoms with Gasteiger partial charge in [0, 0.05) is 14.0 Å². The van der Waals surface area contributed by atoms with Crippen LogP contribution in [-0.2, 0) is 9.53 Å². The van der Waals surface area contributed by atoms with Crippen LogP contribution in [-0.4, -0.2) is 19.2 Å². The number of rotatable bonds is 3. The predicted octanol–water partition coefficient (Wildman–Crippen LogP) is 0.751. The molecule has 1 N–H and O–H groups in total. The van der Waals surface area contributed by atoms with Crippen molar-refractivity contribution in [3.63, 3.8) is 0 Å². The molecule has 1 unspecified atom stereocenters. The van der Waals surface area contributed by atoms with Crippen LogP contribution in [0.4, 0.5) is 0 Å². The molecule has 0 radical (unpaired) electrons. The van der Waals surface area contributed by atoms with E-state index >= 15 is 0 Å². The normalized spacial score (nSPS) is 13.3. The lowest BCUT2D eigenvalue weighted by atomic mass is 10.2. The lowest BCUT2D eigenvalue weighted by Gasteiger charge is -2.19. The molecule has 10 heavy (non-hydrogen) atoms. The van der Waals surface area contributed by atoms with Gasteiger partial charge in [-0.25, -0.2) is 0 Å². The molecule has 1 amide bonds. The minimum atomic E-state index is -0.155. The Morgan fingerprint density at radius 1 is 1.50 bits per heavy atom. The molecule has 0 spiro atoms. The lowest BCUT2D eigenvalue weighted by Crippen LogP contribution is -2.38. The Kier molecular flexibility index (Phi) is 4.03. The largest absolute Gasteiger partial charge is 0.361 e. The minimum Gasteiger partial charge on any atom is -0.361 e. The van der Waals surface area contributed by atoms with Gasteiger partial charge in [-0.1, -0.05) is 13.8 Å². The van der Waals surface area contributed by atoms with Gasteiger partial charge in [0.05, 0.1) is 0 Å². The molecule has 0 heterocycles. The van der Waals surface area contributed by atoms with E-state index in [4.69, 9.17) is 4.74 Å². The third-order valence-corrected chi connectivity index (χ3v) is 1.20. The molecule has 60 valence electrons. The molecule has 3 nitrogen and oxygen atoms in total. The lowest BCUT2D eigenvalue weighted by molar-refractivity contribution is -0.123. The van der Waals surface area contributed by atoms with Gasteiger partial charge in [-0.15, -0.1) is 0 Å². The summed E-state index contributed by atoms with van der Waals surface area (Å²) < 4.78 is 4.99. The fourth-order valence-electron chi connectivity index (χ4n) is 0.698. The van der Waals surface area contributed by atoms with Crippen molar-refractivity contribution in [3.8, 4) is 0 Å². The maximum Gasteiger partial charge on any atom is 0.218 e. The van der Waals surface area contributed by atoms with E-state index in [9.17, 15) is 4.79 Å². The molecule has 0 fully saturated rings. The zero-order valence-corrected chi connectivity index (χ0v) is 6.97. The number of amides is 1. The maximum atomic E-state index is 10.5. The first-order valence-electron chi connectivity index (χ1n) is 3.37. The van der Waals surface area contributed by atoms with Crippen molar-refractivity contribution >= 4 is 5.91 Å². The number of methoxy groups -OCH3 is 1. The quantitative estimate of drug-likeness (QED) is 0.595. The zero-order chi connectivity index (χ0) is 8.15. The highest BCUT2D eigenvalue weighted by Crippen LogP contribution is 2.00. The van der Waals surface area contributed by atoms with Crippen molar-refractivity contribution in [3.05, 3.63) is 0 Å². The Morgan fingerprint density at radius 3 is 2.10 bits per heavy atom. The van der Waals surface area contributed by atoms with Crippen LogP contribution in [0.2, 0.25) is 0 Å². The topological polar surface area (TPSA) is 38.3 Å². The Hall–Kier alpha value is -0.570. The van der Waals surface area contributed by atoms with Gasteiger partial charge in [-0.05, 0) is 5.92 Å². The highest BCUT2D eigenvalue weighted by molar-refractivity contribution is 5.73. The summed E-state index contributed by atoms with van der Waals surface area (Å²) in [5.41, 5.74) is 0. The molecule has 0 aromatic carbocycles. The molecule has 0 aliphatic rings. The van der Waals surface area contributed by atoms with Crippen molar-refractivity contribution < 1.29 is 9.53 Å². The second-order valence-corrected chi connectivity index (χ2v) is 2.60. The highest BCUT2D eigenvalue weighted by Gasteiger charge is 2.11. The number of nitrogens with one attached hydrogen (secondary N) is 1. The molecule has 0 aromatic rings. The van der Waals surface area contributed by atoms with E-state index < -0.39 is 0 Å². The molecule has 1 atom stereocenters. The van der Waals surface area contributed by atoms with Crippen LogP contribution in [0.15, 0.2) is 0 Å². The predicted molar refractivity (Wildman–Crippen MR) is 39.5 cm³/mol. The van der Waals surface area contributed by atoms with Crippen molar-refractivity contribution in [2.24, 2.45) is 5.92 Å². The van der Waals surface area contributed by atoms with E-state index in [1.807, 2.05) is 13.8 Å². The summed E-state index contributed by atoms with van der Waals surface area (Å²) in [6, 6.07) is 0. The Bertz CT molecular complexity index is 112. The van der Waals surface area contributed by atoms with Gasteiger partial charge < -0.3 is 10.1 Å². The molecular formula is C7H15NO2. The molecule has 0 saturated heterocycles. The van der Waals surface area contributed by atoms with Gasteiger partial charge in [-0.3, -0.25) is 4.79 Å². The van der Waals surface area contributed by atoms with E-state index in [2.05, 4.69) is 5.32 Å². The number of ether oxygens (including phenoxy) is 1. The first-order valence-corrected chi connectivity index (χ1v) is 3.37. The van der Waals surface area contributed by atoms with Gasteiger partial charge in [0.1, 0.15) is 6.23 Å². The van der Waals surface area contributed by atoms with Crippen LogP contribution in [0.25, 0.3) is 0 Å². The summed E-state index contributed by atoms with van der Waals surface area (Å²) >= 11 is 0. The van der Waals surface area contributed by atoms with E-state index in [1.165, 1.54) is 6.92 Å². The third-order valence-electron chi connectivity index (χ3n) is 1.20. The molecule has 0 aromatic heterocycles. The molecule has 0 aliphatic carbocycles. The van der Waals surface area contributed by atoms with Gasteiger partial charge in [0.2, 0.25) is 5.91 Å². The van der Waals surface area contributed by atoms with Crippen molar-refractivity contribution in [2.75, 3.05) is 7.11 Å². The maximum absolute atomic E-state index is 10.5. The standard InChI is InChI=1S/C7H15NO2/c1-5(2)7(10-4)8-6(3)9/h5,7H,1-4H3,(H,8,9). The number of carbonyl (C=O) groups is 1. The average Bonchev–Trinajstić information content (AvgIpc) is 1.81. The van der Waals surface area contributed by atoms with E-state index in [-0.39, 0.29) is 12.1 Å². The summed E-state index contributed by atoms with van der Waals surface area (Å²) in [5.74, 6) is 0.259. The van der Waals surface area contributed by atoms with Gasteiger partial charge in [-0.2, -0.15) is 0 Å². The van der Waals surface area contributed by atoms with Gasteiger partial charge in [0.15, 0.2) is 0 Å². The fraction of sp³-hybridized carbons (Fsp3) is 0.857. The van der Waals surface area contributed by atoms with Crippen LogP contribution in [0, 0.1) is 5.92 Å². The highest BCUT2D eigenvalue weighted by atomic mass is 16.5. The van der Waals surface area contributed by atoms with Crippen molar-refractivity contribution in [1.82, 2.24) is 5.32 Å². The summed E-state index contributed by atoms with van der Waals surface area (Å²) in [6.07, 6.45) is -0.155. The SMILES string of the molecule is COC(NC(C)=O)C(C)C. The summed E-state index contributed by atoms with van der Waals surface area (Å²) in [4.78, 5) is 10.5. The monoisotopic (exact) mass is 145 g/mol. The van der Waals surface area contributed by atoms with Crippen LogP contribution in [0.5, 0.6) is 0 Å². The summed E-state index contributed by atoms with van der Waals surface area (Å²) in [7, 11) is 1.58. The number of hydrogen-bond donors (Lipinski definition) is 1. The van der Waals surface area contributed by atoms with E-state index in [0.717, 1.165) is 0 Å². The van der Waals surface area contributed by atoms with Crippen molar-refractivity contribution in [1.29, 1.82) is 0 Å². The number of hydrogen-bond acceptors (Lipinski definition) is 2. The van der Waals surface area contributed by atoms with Gasteiger partial charge in [0.25, 0.3) is 0 Å². The molecule has 0 rings (SSSR count). The van der Waals surface area contributed by atoms with Crippen LogP contribution in [0.3, 0.4) is 0 Å². The van der Waals surface area contributed by atoms with Crippen LogP contribution in [0.1, 0.15) is 20.8 Å². The molecule has 3 heteroatoms. The molecule has 0 bridgehead atoms. The minimum absolute atomic E-state index is 0.0550.